The first-order valence-corrected chi connectivity index (χ1v) is 11.5. The van der Waals surface area contributed by atoms with E-state index in [-0.39, 0.29) is 29.1 Å². The van der Waals surface area contributed by atoms with E-state index in [0.717, 1.165) is 31.4 Å². The number of benzene rings is 2. The molecule has 0 radical (unpaired) electrons. The van der Waals surface area contributed by atoms with Crippen molar-refractivity contribution in [1.82, 2.24) is 10.3 Å². The highest BCUT2D eigenvalue weighted by molar-refractivity contribution is 6.06. The van der Waals surface area contributed by atoms with E-state index < -0.39 is 28.9 Å². The number of nitriles is 2. The molecule has 2 fully saturated rings. The van der Waals surface area contributed by atoms with Crippen LogP contribution in [0, 0.1) is 40.4 Å². The predicted octanol–water partition coefficient (Wildman–Crippen LogP) is 4.56. The van der Waals surface area contributed by atoms with Crippen LogP contribution in [0.3, 0.4) is 0 Å². The van der Waals surface area contributed by atoms with E-state index in [0.29, 0.717) is 28.2 Å². The third kappa shape index (κ3) is 4.12. The summed E-state index contributed by atoms with van der Waals surface area (Å²) in [6, 6.07) is 9.69. The van der Waals surface area contributed by atoms with Crippen molar-refractivity contribution in [3.05, 3.63) is 57.4 Å². The lowest BCUT2D eigenvalue weighted by molar-refractivity contribution is -0.137. The van der Waals surface area contributed by atoms with E-state index in [4.69, 9.17) is 0 Å². The number of aromatic amines is 1. The van der Waals surface area contributed by atoms with Gasteiger partial charge in [-0.15, -0.1) is 0 Å². The van der Waals surface area contributed by atoms with E-state index in [1.165, 1.54) is 6.42 Å². The van der Waals surface area contributed by atoms with Gasteiger partial charge < -0.3 is 10.3 Å². The number of nitrogens with zero attached hydrogens (tertiary/aromatic N) is 2. The topological polar surface area (TPSA) is 110 Å². The second-order valence-electron chi connectivity index (χ2n) is 9.56. The van der Waals surface area contributed by atoms with Crippen LogP contribution in [0.5, 0.6) is 0 Å². The molecule has 1 unspecified atom stereocenters. The number of nitrogens with one attached hydrogen (secondary N) is 2. The van der Waals surface area contributed by atoms with E-state index >= 15 is 0 Å². The Bertz CT molecular complexity index is 1500. The normalized spacial score (nSPS) is 22.1. The number of halogens is 3. The van der Waals surface area contributed by atoms with Gasteiger partial charge >= 0.3 is 6.18 Å². The molecule has 0 saturated heterocycles. The first-order valence-electron chi connectivity index (χ1n) is 11.5. The molecule has 35 heavy (non-hydrogen) atoms. The van der Waals surface area contributed by atoms with Gasteiger partial charge in [0.1, 0.15) is 6.04 Å². The van der Waals surface area contributed by atoms with Crippen LogP contribution >= 0.6 is 0 Å². The molecule has 5 rings (SSSR count). The number of H-pyrrole nitrogens is 1. The number of hydrogen-bond donors (Lipinski definition) is 2. The molecule has 9 heteroatoms. The summed E-state index contributed by atoms with van der Waals surface area (Å²) in [5, 5.41) is 22.6. The Hall–Kier alpha value is -3.85. The number of amides is 1. The number of fused-ring (bicyclic) bond motifs is 5. The highest BCUT2D eigenvalue weighted by atomic mass is 19.4. The second-order valence-corrected chi connectivity index (χ2v) is 9.56. The molecular weight excluding hydrogens is 457 g/mol. The molecule has 178 valence electrons. The quantitative estimate of drug-likeness (QED) is 0.536. The lowest BCUT2D eigenvalue weighted by atomic mass is 9.88. The molecule has 6 nitrogen and oxygen atoms in total. The summed E-state index contributed by atoms with van der Waals surface area (Å²) in [4.78, 5) is 27.9. The monoisotopic (exact) mass is 478 g/mol. The standard InChI is InChI=1S/C26H21F3N4O2/c27-26(28,29)22-10-23-20(9-16(22)11-30)18-4-2-14(8-21(18)25(35)33-23)6-17(12-31)32-24(34)19-7-13-1-3-15(19)5-13/h2,4,8-10,13,15,17,19H,1,3,5-7H2,(H,32,34)(H,33,35)/t13-,15+,17?,19+/m1/s1. The largest absolute Gasteiger partial charge is 0.417 e. The van der Waals surface area contributed by atoms with Gasteiger partial charge in [0.25, 0.3) is 5.56 Å². The second kappa shape index (κ2) is 8.42. The van der Waals surface area contributed by atoms with E-state index in [2.05, 4.69) is 16.4 Å². The smallest absolute Gasteiger partial charge is 0.340 e. The van der Waals surface area contributed by atoms with Gasteiger partial charge in [-0.3, -0.25) is 9.59 Å². The fourth-order valence-corrected chi connectivity index (χ4v) is 5.79. The van der Waals surface area contributed by atoms with Crippen molar-refractivity contribution in [2.75, 3.05) is 0 Å². The van der Waals surface area contributed by atoms with Crippen molar-refractivity contribution in [2.45, 2.75) is 44.3 Å². The Kier molecular flexibility index (Phi) is 5.52. The third-order valence-corrected chi connectivity index (χ3v) is 7.44. The summed E-state index contributed by atoms with van der Waals surface area (Å²) in [6.45, 7) is 0. The molecule has 2 aliphatic rings. The fraction of sp³-hybridized carbons (Fsp3) is 0.385. The average Bonchev–Trinajstić information content (AvgIpc) is 3.46. The Morgan fingerprint density at radius 1 is 1.11 bits per heavy atom. The summed E-state index contributed by atoms with van der Waals surface area (Å²) < 4.78 is 40.0. The number of pyridine rings is 1. The molecule has 3 aromatic rings. The lowest BCUT2D eigenvalue weighted by Crippen LogP contribution is -2.41. The minimum absolute atomic E-state index is 0.0189. The van der Waals surface area contributed by atoms with Crippen molar-refractivity contribution in [1.29, 1.82) is 10.5 Å². The van der Waals surface area contributed by atoms with Crippen molar-refractivity contribution in [3.8, 4) is 12.1 Å². The maximum absolute atomic E-state index is 13.3. The lowest BCUT2D eigenvalue weighted by Gasteiger charge is -2.22. The summed E-state index contributed by atoms with van der Waals surface area (Å²) in [5.41, 5.74) is -1.60. The first kappa shape index (κ1) is 22.9. The van der Waals surface area contributed by atoms with Gasteiger partial charge in [0.05, 0.1) is 23.3 Å². The zero-order chi connectivity index (χ0) is 24.9. The van der Waals surface area contributed by atoms with Gasteiger partial charge in [-0.25, -0.2) is 0 Å². The van der Waals surface area contributed by atoms with Crippen LogP contribution in [0.2, 0.25) is 0 Å². The van der Waals surface area contributed by atoms with E-state index in [1.807, 2.05) is 0 Å². The molecule has 0 aliphatic heterocycles. The van der Waals surface area contributed by atoms with Crippen LogP contribution in [-0.4, -0.2) is 16.9 Å². The number of rotatable bonds is 4. The van der Waals surface area contributed by atoms with Gasteiger partial charge in [0, 0.05) is 28.6 Å². The van der Waals surface area contributed by atoms with Gasteiger partial charge in [-0.1, -0.05) is 18.6 Å². The molecule has 2 aromatic carbocycles. The predicted molar refractivity (Wildman–Crippen MR) is 122 cm³/mol. The molecule has 1 amide bonds. The molecule has 2 saturated carbocycles. The first-order chi connectivity index (χ1) is 16.7. The molecule has 2 aliphatic carbocycles. The average molecular weight is 478 g/mol. The van der Waals surface area contributed by atoms with Crippen LogP contribution < -0.4 is 10.9 Å². The van der Waals surface area contributed by atoms with Crippen molar-refractivity contribution in [2.24, 2.45) is 17.8 Å². The Morgan fingerprint density at radius 2 is 1.91 bits per heavy atom. The summed E-state index contributed by atoms with van der Waals surface area (Å²) in [5.74, 6) is 0.847. The summed E-state index contributed by atoms with van der Waals surface area (Å²) in [6.07, 6.45) is -0.373. The maximum Gasteiger partial charge on any atom is 0.417 e. The highest BCUT2D eigenvalue weighted by Gasteiger charge is 2.43. The number of aromatic nitrogens is 1. The van der Waals surface area contributed by atoms with E-state index in [1.54, 1.807) is 24.3 Å². The zero-order valence-electron chi connectivity index (χ0n) is 18.6. The minimum Gasteiger partial charge on any atom is -0.340 e. The molecular formula is C26H21F3N4O2. The van der Waals surface area contributed by atoms with Crippen LogP contribution in [0.4, 0.5) is 13.2 Å². The number of alkyl halides is 3. The van der Waals surface area contributed by atoms with Gasteiger partial charge in [0.15, 0.2) is 0 Å². The molecule has 4 atom stereocenters. The van der Waals surface area contributed by atoms with Crippen molar-refractivity contribution >= 4 is 27.6 Å². The Morgan fingerprint density at radius 3 is 2.54 bits per heavy atom. The zero-order valence-corrected chi connectivity index (χ0v) is 18.6. The van der Waals surface area contributed by atoms with Crippen molar-refractivity contribution in [3.63, 3.8) is 0 Å². The SMILES string of the molecule is N#Cc1cc2c(cc1C(F)(F)F)[nH]c(=O)c1cc(CC(C#N)NC(=O)[C@H]3C[C@@H]4CC[C@H]3C4)ccc12. The summed E-state index contributed by atoms with van der Waals surface area (Å²) >= 11 is 0. The number of hydrogen-bond acceptors (Lipinski definition) is 4. The number of carbonyl (C=O) groups excluding carboxylic acids is 1. The van der Waals surface area contributed by atoms with Crippen LogP contribution in [-0.2, 0) is 17.4 Å². The Balaban J connectivity index is 1.45. The Labute approximate surface area is 198 Å². The molecule has 2 N–H and O–H groups in total. The minimum atomic E-state index is -4.73. The van der Waals surface area contributed by atoms with Crippen LogP contribution in [0.25, 0.3) is 21.7 Å². The van der Waals surface area contributed by atoms with Gasteiger partial charge in [-0.05, 0) is 60.2 Å². The third-order valence-electron chi connectivity index (χ3n) is 7.44. The van der Waals surface area contributed by atoms with Gasteiger partial charge in [-0.2, -0.15) is 23.7 Å². The highest BCUT2D eigenvalue weighted by Crippen LogP contribution is 2.48. The van der Waals surface area contributed by atoms with Crippen LogP contribution in [0.15, 0.2) is 35.1 Å². The van der Waals surface area contributed by atoms with Crippen LogP contribution in [0.1, 0.15) is 42.4 Å². The maximum atomic E-state index is 13.3. The summed E-state index contributed by atoms with van der Waals surface area (Å²) in [7, 11) is 0. The van der Waals surface area contributed by atoms with Gasteiger partial charge in [0.2, 0.25) is 5.91 Å². The number of carbonyl (C=O) groups is 1. The molecule has 2 bridgehead atoms. The molecule has 1 heterocycles. The van der Waals surface area contributed by atoms with Crippen molar-refractivity contribution < 1.29 is 18.0 Å². The van der Waals surface area contributed by atoms with E-state index in [9.17, 15) is 33.3 Å². The molecule has 1 aromatic heterocycles. The fourth-order valence-electron chi connectivity index (χ4n) is 5.79. The molecule has 0 spiro atoms.